The molecule has 6 heteroatoms. The maximum absolute atomic E-state index is 13.4. The van der Waals surface area contributed by atoms with E-state index in [2.05, 4.69) is 0 Å². The number of rotatable bonds is 4. The molecule has 0 bridgehead atoms. The molecular formula is C17H16FNO2S2. The van der Waals surface area contributed by atoms with Gasteiger partial charge in [0.1, 0.15) is 5.82 Å². The molecule has 3 nitrogen and oxygen atoms in total. The van der Waals surface area contributed by atoms with Crippen LogP contribution in [0.25, 0.3) is 6.08 Å². The molecule has 0 aliphatic carbocycles. The number of thioether (sulfide) groups is 1. The quantitative estimate of drug-likeness (QED) is 0.841. The van der Waals surface area contributed by atoms with E-state index in [0.29, 0.717) is 17.9 Å². The summed E-state index contributed by atoms with van der Waals surface area (Å²) in [5.41, 5.74) is 1.49. The summed E-state index contributed by atoms with van der Waals surface area (Å²) in [5.74, 6) is 0.340. The second kappa shape index (κ2) is 6.86. The van der Waals surface area contributed by atoms with Gasteiger partial charge in [-0.1, -0.05) is 42.5 Å². The van der Waals surface area contributed by atoms with Crippen LogP contribution in [0.5, 0.6) is 0 Å². The molecule has 2 aromatic carbocycles. The van der Waals surface area contributed by atoms with Gasteiger partial charge in [-0.05, 0) is 29.3 Å². The van der Waals surface area contributed by atoms with E-state index in [9.17, 15) is 12.8 Å². The summed E-state index contributed by atoms with van der Waals surface area (Å²) in [7, 11) is -3.56. The summed E-state index contributed by atoms with van der Waals surface area (Å²) in [4.78, 5) is 0. The number of benzene rings is 2. The Morgan fingerprint density at radius 2 is 1.91 bits per heavy atom. The molecule has 23 heavy (non-hydrogen) atoms. The molecule has 0 N–H and O–H groups in total. The molecule has 1 fully saturated rings. The van der Waals surface area contributed by atoms with Crippen LogP contribution >= 0.6 is 11.8 Å². The number of hydrogen-bond donors (Lipinski definition) is 0. The van der Waals surface area contributed by atoms with Crippen LogP contribution in [-0.4, -0.2) is 25.0 Å². The number of hydrogen-bond acceptors (Lipinski definition) is 3. The smallest absolute Gasteiger partial charge is 0.207 e. The van der Waals surface area contributed by atoms with Crippen LogP contribution in [0.1, 0.15) is 16.5 Å². The summed E-state index contributed by atoms with van der Waals surface area (Å²) < 4.78 is 40.1. The zero-order chi connectivity index (χ0) is 16.3. The van der Waals surface area contributed by atoms with Crippen molar-refractivity contribution in [1.29, 1.82) is 0 Å². The van der Waals surface area contributed by atoms with Crippen LogP contribution < -0.4 is 0 Å². The average molecular weight is 349 g/mol. The lowest BCUT2D eigenvalue weighted by Gasteiger charge is -2.21. The van der Waals surface area contributed by atoms with Crippen LogP contribution in [0.2, 0.25) is 0 Å². The topological polar surface area (TPSA) is 37.4 Å². The molecule has 1 saturated heterocycles. The Balaban J connectivity index is 1.85. The number of nitrogens with zero attached hydrogens (tertiary/aromatic N) is 1. The van der Waals surface area contributed by atoms with Crippen molar-refractivity contribution in [2.24, 2.45) is 0 Å². The highest BCUT2D eigenvalue weighted by Gasteiger charge is 2.34. The van der Waals surface area contributed by atoms with E-state index in [1.165, 1.54) is 33.6 Å². The van der Waals surface area contributed by atoms with Crippen molar-refractivity contribution < 1.29 is 12.8 Å². The standard InChI is InChI=1S/C17H16FNO2S2/c18-16-8-4-7-15(13-16)17-19(10-11-22-17)23(20,21)12-9-14-5-2-1-3-6-14/h1-9,12-13,17H,10-11H2/b12-9+/t17-/m0/s1. The van der Waals surface area contributed by atoms with Gasteiger partial charge >= 0.3 is 0 Å². The van der Waals surface area contributed by atoms with Crippen molar-refractivity contribution in [2.45, 2.75) is 5.37 Å². The molecule has 1 aliphatic heterocycles. The number of sulfonamides is 1. The highest BCUT2D eigenvalue weighted by Crippen LogP contribution is 2.40. The first-order valence-electron chi connectivity index (χ1n) is 7.18. The van der Waals surface area contributed by atoms with E-state index in [1.54, 1.807) is 18.2 Å². The minimum Gasteiger partial charge on any atom is -0.207 e. The van der Waals surface area contributed by atoms with Gasteiger partial charge in [-0.3, -0.25) is 0 Å². The van der Waals surface area contributed by atoms with Crippen molar-refractivity contribution in [3.8, 4) is 0 Å². The molecule has 0 amide bonds. The first-order chi connectivity index (χ1) is 11.1. The first kappa shape index (κ1) is 16.2. The molecule has 0 unspecified atom stereocenters. The minimum absolute atomic E-state index is 0.354. The molecular weight excluding hydrogens is 333 g/mol. The summed E-state index contributed by atoms with van der Waals surface area (Å²) in [5, 5.41) is 0.844. The summed E-state index contributed by atoms with van der Waals surface area (Å²) in [6, 6.07) is 15.4. The summed E-state index contributed by atoms with van der Waals surface area (Å²) >= 11 is 1.51. The third-order valence-corrected chi connectivity index (χ3v) is 6.46. The van der Waals surface area contributed by atoms with Gasteiger partial charge in [0.15, 0.2) is 0 Å². The van der Waals surface area contributed by atoms with E-state index in [0.717, 1.165) is 5.56 Å². The van der Waals surface area contributed by atoms with Crippen LogP contribution in [0, 0.1) is 5.82 Å². The molecule has 0 aromatic heterocycles. The van der Waals surface area contributed by atoms with Gasteiger partial charge in [0.25, 0.3) is 0 Å². The van der Waals surface area contributed by atoms with E-state index in [4.69, 9.17) is 0 Å². The number of halogens is 1. The van der Waals surface area contributed by atoms with Crippen LogP contribution in [0.3, 0.4) is 0 Å². The minimum atomic E-state index is -3.56. The van der Waals surface area contributed by atoms with Gasteiger partial charge in [0, 0.05) is 17.7 Å². The third-order valence-electron chi connectivity index (χ3n) is 3.54. The maximum atomic E-state index is 13.4. The Labute approximate surface area is 139 Å². The predicted octanol–water partition coefficient (Wildman–Crippen LogP) is 3.87. The average Bonchev–Trinajstić information content (AvgIpc) is 3.05. The second-order valence-corrected chi connectivity index (χ2v) is 8.11. The Bertz CT molecular complexity index is 806. The zero-order valence-corrected chi connectivity index (χ0v) is 13.9. The van der Waals surface area contributed by atoms with Crippen molar-refractivity contribution in [1.82, 2.24) is 4.31 Å². The molecule has 2 aromatic rings. The molecule has 3 rings (SSSR count). The van der Waals surface area contributed by atoms with Crippen molar-refractivity contribution >= 4 is 27.9 Å². The van der Waals surface area contributed by atoms with Crippen LogP contribution in [0.15, 0.2) is 60.0 Å². The fourth-order valence-electron chi connectivity index (χ4n) is 2.44. The summed E-state index contributed by atoms with van der Waals surface area (Å²) in [6.45, 7) is 0.424. The van der Waals surface area contributed by atoms with E-state index >= 15 is 0 Å². The van der Waals surface area contributed by atoms with Gasteiger partial charge < -0.3 is 0 Å². The molecule has 0 saturated carbocycles. The lowest BCUT2D eigenvalue weighted by molar-refractivity contribution is 0.440. The van der Waals surface area contributed by atoms with E-state index in [1.807, 2.05) is 30.3 Å². The third kappa shape index (κ3) is 3.83. The lowest BCUT2D eigenvalue weighted by Crippen LogP contribution is -2.28. The van der Waals surface area contributed by atoms with E-state index in [-0.39, 0.29) is 11.2 Å². The van der Waals surface area contributed by atoms with E-state index < -0.39 is 10.0 Å². The molecule has 1 heterocycles. The highest BCUT2D eigenvalue weighted by molar-refractivity contribution is 8.01. The Morgan fingerprint density at radius 3 is 2.65 bits per heavy atom. The molecule has 1 atom stereocenters. The fraction of sp³-hybridized carbons (Fsp3) is 0.176. The van der Waals surface area contributed by atoms with Crippen LogP contribution in [-0.2, 0) is 10.0 Å². The Kier molecular flexibility index (Phi) is 4.84. The fourth-order valence-corrected chi connectivity index (χ4v) is 5.46. The zero-order valence-electron chi connectivity index (χ0n) is 12.3. The molecule has 120 valence electrons. The molecule has 0 radical (unpaired) electrons. The van der Waals surface area contributed by atoms with Crippen molar-refractivity contribution in [2.75, 3.05) is 12.3 Å². The SMILES string of the molecule is O=S(=O)(/C=C/c1ccccc1)N1CCS[C@H]1c1cccc(F)c1. The van der Waals surface area contributed by atoms with Gasteiger partial charge in [-0.2, -0.15) is 4.31 Å². The first-order valence-corrected chi connectivity index (χ1v) is 9.73. The Hall–Kier alpha value is -1.63. The van der Waals surface area contributed by atoms with Gasteiger partial charge in [0.2, 0.25) is 10.0 Å². The van der Waals surface area contributed by atoms with Crippen molar-refractivity contribution in [3.63, 3.8) is 0 Å². The molecule has 1 aliphatic rings. The van der Waals surface area contributed by atoms with Gasteiger partial charge in [-0.25, -0.2) is 12.8 Å². The monoisotopic (exact) mass is 349 g/mol. The molecule has 0 spiro atoms. The van der Waals surface area contributed by atoms with Crippen molar-refractivity contribution in [3.05, 3.63) is 76.9 Å². The lowest BCUT2D eigenvalue weighted by atomic mass is 10.2. The second-order valence-electron chi connectivity index (χ2n) is 5.15. The Morgan fingerprint density at radius 1 is 1.13 bits per heavy atom. The largest absolute Gasteiger partial charge is 0.237 e. The summed E-state index contributed by atoms with van der Waals surface area (Å²) in [6.07, 6.45) is 1.58. The van der Waals surface area contributed by atoms with Crippen LogP contribution in [0.4, 0.5) is 4.39 Å². The van der Waals surface area contributed by atoms with Gasteiger partial charge in [-0.15, -0.1) is 11.8 Å². The maximum Gasteiger partial charge on any atom is 0.237 e. The predicted molar refractivity (Wildman–Crippen MR) is 92.7 cm³/mol. The highest BCUT2D eigenvalue weighted by atomic mass is 32.2. The van der Waals surface area contributed by atoms with Gasteiger partial charge in [0.05, 0.1) is 5.37 Å². The normalized spacial score (nSPS) is 19.4.